The minimum absolute atomic E-state index is 0.282. The highest BCUT2D eigenvalue weighted by Crippen LogP contribution is 2.25. The van der Waals surface area contributed by atoms with Gasteiger partial charge in [0, 0.05) is 5.39 Å². The second-order valence-corrected chi connectivity index (χ2v) is 4.00. The maximum atomic E-state index is 13.2. The first-order chi connectivity index (χ1) is 8.78. The number of nitrogens with one attached hydrogen (secondary N) is 1. The number of aldehydes is 1. The van der Waals surface area contributed by atoms with E-state index in [9.17, 15) is 9.18 Å². The predicted molar refractivity (Wildman–Crippen MR) is 66.9 cm³/mol. The maximum absolute atomic E-state index is 13.2. The van der Waals surface area contributed by atoms with Crippen LogP contribution in [0, 0.1) is 5.82 Å². The highest BCUT2D eigenvalue weighted by atomic mass is 19.1. The maximum Gasteiger partial charge on any atom is 0.170 e. The van der Waals surface area contributed by atoms with Gasteiger partial charge in [0.15, 0.2) is 6.29 Å². The Morgan fingerprint density at radius 1 is 1.11 bits per heavy atom. The lowest BCUT2D eigenvalue weighted by Gasteiger charge is -2.02. The standard InChI is InChI=1S/C14H9FN2O/c15-11-3-1-2-9(6-11)10-4-5-13-12(7-10)14(8-18)17-16-13/h1-8H,(H,16,17). The quantitative estimate of drug-likeness (QED) is 0.699. The SMILES string of the molecule is O=Cc1n[nH]c2ccc(-c3cccc(F)c3)cc12. The molecule has 0 aliphatic heterocycles. The number of hydrogen-bond donors (Lipinski definition) is 1. The molecule has 2 aromatic carbocycles. The van der Waals surface area contributed by atoms with Gasteiger partial charge in [-0.15, -0.1) is 0 Å². The van der Waals surface area contributed by atoms with Crippen molar-refractivity contribution in [2.24, 2.45) is 0 Å². The highest BCUT2D eigenvalue weighted by Gasteiger charge is 2.06. The molecule has 4 heteroatoms. The van der Waals surface area contributed by atoms with Crippen molar-refractivity contribution < 1.29 is 9.18 Å². The fraction of sp³-hybridized carbons (Fsp3) is 0. The number of aromatic nitrogens is 2. The normalized spacial score (nSPS) is 10.7. The molecule has 0 aliphatic rings. The van der Waals surface area contributed by atoms with Gasteiger partial charge in [-0.2, -0.15) is 5.10 Å². The minimum atomic E-state index is -0.282. The van der Waals surface area contributed by atoms with E-state index in [1.165, 1.54) is 12.1 Å². The van der Waals surface area contributed by atoms with Gasteiger partial charge in [-0.3, -0.25) is 9.89 Å². The van der Waals surface area contributed by atoms with E-state index in [2.05, 4.69) is 10.2 Å². The molecule has 88 valence electrons. The summed E-state index contributed by atoms with van der Waals surface area (Å²) < 4.78 is 13.2. The fourth-order valence-electron chi connectivity index (χ4n) is 1.97. The van der Waals surface area contributed by atoms with Crippen molar-refractivity contribution in [3.8, 4) is 11.1 Å². The number of fused-ring (bicyclic) bond motifs is 1. The molecule has 3 rings (SSSR count). The molecule has 3 aromatic rings. The van der Waals surface area contributed by atoms with Crippen molar-refractivity contribution >= 4 is 17.2 Å². The number of H-pyrrole nitrogens is 1. The molecular formula is C14H9FN2O. The summed E-state index contributed by atoms with van der Waals surface area (Å²) in [4.78, 5) is 10.8. The number of nitrogens with zero attached hydrogens (tertiary/aromatic N) is 1. The molecule has 1 heterocycles. The van der Waals surface area contributed by atoms with Crippen LogP contribution in [0.25, 0.3) is 22.0 Å². The summed E-state index contributed by atoms with van der Waals surface area (Å²) in [5.41, 5.74) is 2.78. The molecule has 0 amide bonds. The van der Waals surface area contributed by atoms with Crippen molar-refractivity contribution in [2.45, 2.75) is 0 Å². The summed E-state index contributed by atoms with van der Waals surface area (Å²) in [6, 6.07) is 11.9. The van der Waals surface area contributed by atoms with E-state index in [1.54, 1.807) is 6.07 Å². The molecule has 0 saturated heterocycles. The fourth-order valence-corrected chi connectivity index (χ4v) is 1.97. The Morgan fingerprint density at radius 2 is 1.94 bits per heavy atom. The molecule has 0 atom stereocenters. The molecule has 0 fully saturated rings. The van der Waals surface area contributed by atoms with Crippen LogP contribution >= 0.6 is 0 Å². The van der Waals surface area contributed by atoms with Gasteiger partial charge in [-0.25, -0.2) is 4.39 Å². The summed E-state index contributed by atoms with van der Waals surface area (Å²) in [5.74, 6) is -0.282. The molecule has 0 unspecified atom stereocenters. The van der Waals surface area contributed by atoms with Crippen LogP contribution in [0.1, 0.15) is 10.5 Å². The van der Waals surface area contributed by atoms with Crippen molar-refractivity contribution in [1.82, 2.24) is 10.2 Å². The summed E-state index contributed by atoms with van der Waals surface area (Å²) in [6.07, 6.45) is 0.703. The second-order valence-electron chi connectivity index (χ2n) is 4.00. The Hall–Kier alpha value is -2.49. The zero-order chi connectivity index (χ0) is 12.5. The third-order valence-corrected chi connectivity index (χ3v) is 2.86. The summed E-state index contributed by atoms with van der Waals surface area (Å²) in [6.45, 7) is 0. The van der Waals surface area contributed by atoms with Crippen LogP contribution in [0.5, 0.6) is 0 Å². The third kappa shape index (κ3) is 1.68. The largest absolute Gasteiger partial charge is 0.296 e. The average Bonchev–Trinajstić information content (AvgIpc) is 2.80. The van der Waals surface area contributed by atoms with Crippen molar-refractivity contribution in [1.29, 1.82) is 0 Å². The van der Waals surface area contributed by atoms with Gasteiger partial charge in [-0.05, 0) is 35.4 Å². The highest BCUT2D eigenvalue weighted by molar-refractivity contribution is 5.96. The summed E-state index contributed by atoms with van der Waals surface area (Å²) >= 11 is 0. The van der Waals surface area contributed by atoms with Crippen molar-refractivity contribution in [2.75, 3.05) is 0 Å². The molecule has 3 nitrogen and oxygen atoms in total. The van der Waals surface area contributed by atoms with E-state index >= 15 is 0 Å². The first kappa shape index (κ1) is 10.7. The van der Waals surface area contributed by atoms with E-state index < -0.39 is 0 Å². The molecule has 0 bridgehead atoms. The smallest absolute Gasteiger partial charge is 0.170 e. The lowest BCUT2D eigenvalue weighted by atomic mass is 10.0. The zero-order valence-electron chi connectivity index (χ0n) is 9.35. The van der Waals surface area contributed by atoms with Crippen LogP contribution in [0.15, 0.2) is 42.5 Å². The monoisotopic (exact) mass is 240 g/mol. The lowest BCUT2D eigenvalue weighted by molar-refractivity contribution is 0.112. The van der Waals surface area contributed by atoms with Gasteiger partial charge in [0.25, 0.3) is 0 Å². The molecule has 0 saturated carbocycles. The zero-order valence-corrected chi connectivity index (χ0v) is 9.35. The van der Waals surface area contributed by atoms with Crippen molar-refractivity contribution in [3.63, 3.8) is 0 Å². The van der Waals surface area contributed by atoms with Crippen LogP contribution in [-0.4, -0.2) is 16.5 Å². The number of rotatable bonds is 2. The Balaban J connectivity index is 2.21. The number of carbonyl (C=O) groups is 1. The molecule has 0 aliphatic carbocycles. The van der Waals surface area contributed by atoms with Gasteiger partial charge < -0.3 is 0 Å². The van der Waals surface area contributed by atoms with E-state index in [1.807, 2.05) is 24.3 Å². The molecule has 18 heavy (non-hydrogen) atoms. The number of aromatic amines is 1. The molecule has 0 spiro atoms. The third-order valence-electron chi connectivity index (χ3n) is 2.86. The lowest BCUT2D eigenvalue weighted by Crippen LogP contribution is -1.82. The number of halogens is 1. The van der Waals surface area contributed by atoms with Crippen LogP contribution in [-0.2, 0) is 0 Å². The molecule has 0 radical (unpaired) electrons. The average molecular weight is 240 g/mol. The van der Waals surface area contributed by atoms with Gasteiger partial charge in [0.1, 0.15) is 11.5 Å². The first-order valence-corrected chi connectivity index (χ1v) is 5.47. The Bertz CT molecular complexity index is 733. The van der Waals surface area contributed by atoms with Gasteiger partial charge in [0.2, 0.25) is 0 Å². The Kier molecular flexibility index (Phi) is 2.41. The summed E-state index contributed by atoms with van der Waals surface area (Å²) in [7, 11) is 0. The van der Waals surface area contributed by atoms with E-state index in [4.69, 9.17) is 0 Å². The van der Waals surface area contributed by atoms with Gasteiger partial charge in [-0.1, -0.05) is 18.2 Å². The van der Waals surface area contributed by atoms with Crippen LogP contribution in [0.2, 0.25) is 0 Å². The van der Waals surface area contributed by atoms with E-state index in [-0.39, 0.29) is 5.82 Å². The number of benzene rings is 2. The van der Waals surface area contributed by atoms with Crippen LogP contribution < -0.4 is 0 Å². The number of carbonyl (C=O) groups excluding carboxylic acids is 1. The Morgan fingerprint density at radius 3 is 2.72 bits per heavy atom. The van der Waals surface area contributed by atoms with E-state index in [0.717, 1.165) is 22.0 Å². The second kappa shape index (κ2) is 4.07. The first-order valence-electron chi connectivity index (χ1n) is 5.47. The molecule has 1 aromatic heterocycles. The summed E-state index contributed by atoms with van der Waals surface area (Å²) in [5, 5.41) is 7.42. The Labute approximate surface area is 102 Å². The molecular weight excluding hydrogens is 231 g/mol. The van der Waals surface area contributed by atoms with Crippen LogP contribution in [0.4, 0.5) is 4.39 Å². The number of hydrogen-bond acceptors (Lipinski definition) is 2. The van der Waals surface area contributed by atoms with Gasteiger partial charge >= 0.3 is 0 Å². The van der Waals surface area contributed by atoms with Crippen LogP contribution in [0.3, 0.4) is 0 Å². The van der Waals surface area contributed by atoms with E-state index in [0.29, 0.717) is 12.0 Å². The van der Waals surface area contributed by atoms with Crippen molar-refractivity contribution in [3.05, 3.63) is 54.0 Å². The predicted octanol–water partition coefficient (Wildman–Crippen LogP) is 3.18. The molecule has 1 N–H and O–H groups in total. The van der Waals surface area contributed by atoms with Gasteiger partial charge in [0.05, 0.1) is 5.52 Å². The topological polar surface area (TPSA) is 45.8 Å². The minimum Gasteiger partial charge on any atom is -0.296 e.